The highest BCUT2D eigenvalue weighted by atomic mass is 16.2. The molecule has 0 saturated carbocycles. The Hall–Kier alpha value is -1.52. The Balaban J connectivity index is 2.17. The number of likely N-dealkylation sites (tertiary alicyclic amines) is 1. The van der Waals surface area contributed by atoms with E-state index < -0.39 is 0 Å². The molecule has 1 aliphatic heterocycles. The molecule has 1 saturated heterocycles. The van der Waals surface area contributed by atoms with E-state index in [0.29, 0.717) is 11.4 Å². The molecule has 0 aliphatic carbocycles. The molecule has 13 heavy (non-hydrogen) atoms. The van der Waals surface area contributed by atoms with Crippen LogP contribution in [0.2, 0.25) is 0 Å². The number of aromatic nitrogens is 2. The van der Waals surface area contributed by atoms with Crippen molar-refractivity contribution in [3.63, 3.8) is 0 Å². The predicted molar refractivity (Wildman–Crippen MR) is 48.1 cm³/mol. The molecule has 5 heteroatoms. The summed E-state index contributed by atoms with van der Waals surface area (Å²) in [6.07, 6.45) is 3.66. The van der Waals surface area contributed by atoms with Gasteiger partial charge in [-0.2, -0.15) is 5.10 Å². The molecular formula is C8H12N4O. The van der Waals surface area contributed by atoms with Crippen LogP contribution in [0.25, 0.3) is 0 Å². The second kappa shape index (κ2) is 3.08. The Morgan fingerprint density at radius 1 is 1.54 bits per heavy atom. The Kier molecular flexibility index (Phi) is 1.92. The van der Waals surface area contributed by atoms with Gasteiger partial charge in [-0.15, -0.1) is 0 Å². The minimum Gasteiger partial charge on any atom is -0.383 e. The van der Waals surface area contributed by atoms with Crippen molar-refractivity contribution in [2.45, 2.75) is 12.8 Å². The molecule has 1 fully saturated rings. The average Bonchev–Trinajstić information content (AvgIpc) is 2.72. The lowest BCUT2D eigenvalue weighted by molar-refractivity contribution is 0.0794. The van der Waals surface area contributed by atoms with Gasteiger partial charge in [0, 0.05) is 13.1 Å². The highest BCUT2D eigenvalue weighted by molar-refractivity contribution is 5.98. The molecule has 5 nitrogen and oxygen atoms in total. The number of anilines is 1. The molecule has 0 spiro atoms. The van der Waals surface area contributed by atoms with Crippen LogP contribution in [0.3, 0.4) is 0 Å². The van der Waals surface area contributed by atoms with Gasteiger partial charge in [0.25, 0.3) is 5.91 Å². The largest absolute Gasteiger partial charge is 0.383 e. The third-order valence-corrected chi connectivity index (χ3v) is 2.29. The molecule has 1 aromatic rings. The van der Waals surface area contributed by atoms with E-state index in [1.807, 2.05) is 0 Å². The molecule has 3 N–H and O–H groups in total. The lowest BCUT2D eigenvalue weighted by Gasteiger charge is -2.13. The third kappa shape index (κ3) is 1.37. The summed E-state index contributed by atoms with van der Waals surface area (Å²) in [4.78, 5) is 13.5. The van der Waals surface area contributed by atoms with E-state index in [2.05, 4.69) is 10.2 Å². The minimum atomic E-state index is -0.0104. The van der Waals surface area contributed by atoms with E-state index in [-0.39, 0.29) is 5.91 Å². The van der Waals surface area contributed by atoms with Crippen LogP contribution in [0.5, 0.6) is 0 Å². The van der Waals surface area contributed by atoms with Crippen LogP contribution in [-0.2, 0) is 0 Å². The molecule has 70 valence electrons. The lowest BCUT2D eigenvalue weighted by Crippen LogP contribution is -2.27. The minimum absolute atomic E-state index is 0.0104. The van der Waals surface area contributed by atoms with Crippen LogP contribution in [0.15, 0.2) is 6.20 Å². The molecule has 1 aliphatic rings. The fourth-order valence-electron chi connectivity index (χ4n) is 1.56. The van der Waals surface area contributed by atoms with E-state index in [4.69, 9.17) is 5.73 Å². The molecular weight excluding hydrogens is 168 g/mol. The standard InChI is InChI=1S/C8H12N4O/c9-7-6(5-10-11-7)8(13)12-3-1-2-4-12/h5H,1-4H2,(H3,9,10,11). The van der Waals surface area contributed by atoms with Crippen molar-refractivity contribution in [1.29, 1.82) is 0 Å². The van der Waals surface area contributed by atoms with Gasteiger partial charge in [-0.1, -0.05) is 0 Å². The maximum absolute atomic E-state index is 11.7. The third-order valence-electron chi connectivity index (χ3n) is 2.29. The number of H-pyrrole nitrogens is 1. The Morgan fingerprint density at radius 2 is 2.23 bits per heavy atom. The molecule has 0 unspecified atom stereocenters. The molecule has 0 atom stereocenters. The fourth-order valence-corrected chi connectivity index (χ4v) is 1.56. The second-order valence-corrected chi connectivity index (χ2v) is 3.20. The van der Waals surface area contributed by atoms with Crippen LogP contribution in [0.1, 0.15) is 23.2 Å². The topological polar surface area (TPSA) is 75.0 Å². The number of rotatable bonds is 1. The van der Waals surface area contributed by atoms with Crippen molar-refractivity contribution in [3.8, 4) is 0 Å². The van der Waals surface area contributed by atoms with E-state index >= 15 is 0 Å². The molecule has 1 amide bonds. The second-order valence-electron chi connectivity index (χ2n) is 3.20. The zero-order valence-electron chi connectivity index (χ0n) is 7.29. The number of aromatic amines is 1. The first-order valence-corrected chi connectivity index (χ1v) is 4.37. The lowest BCUT2D eigenvalue weighted by atomic mass is 10.3. The van der Waals surface area contributed by atoms with Crippen molar-refractivity contribution in [1.82, 2.24) is 15.1 Å². The summed E-state index contributed by atoms with van der Waals surface area (Å²) in [5.74, 6) is 0.348. The van der Waals surface area contributed by atoms with Gasteiger partial charge in [-0.3, -0.25) is 9.89 Å². The number of nitrogens with one attached hydrogen (secondary N) is 1. The van der Waals surface area contributed by atoms with Gasteiger partial charge in [0.1, 0.15) is 11.4 Å². The Morgan fingerprint density at radius 3 is 2.77 bits per heavy atom. The van der Waals surface area contributed by atoms with Crippen molar-refractivity contribution < 1.29 is 4.79 Å². The van der Waals surface area contributed by atoms with E-state index in [9.17, 15) is 4.79 Å². The first kappa shape index (κ1) is 8.10. The summed E-state index contributed by atoms with van der Waals surface area (Å²) in [7, 11) is 0. The van der Waals surface area contributed by atoms with Gasteiger partial charge in [-0.25, -0.2) is 0 Å². The van der Waals surface area contributed by atoms with Gasteiger partial charge < -0.3 is 10.6 Å². The van der Waals surface area contributed by atoms with Crippen LogP contribution in [0, 0.1) is 0 Å². The highest BCUT2D eigenvalue weighted by Gasteiger charge is 2.21. The number of nitrogens with zero attached hydrogens (tertiary/aromatic N) is 2. The van der Waals surface area contributed by atoms with E-state index in [1.54, 1.807) is 4.90 Å². The van der Waals surface area contributed by atoms with Crippen molar-refractivity contribution in [2.75, 3.05) is 18.8 Å². The van der Waals surface area contributed by atoms with Crippen molar-refractivity contribution >= 4 is 11.7 Å². The molecule has 2 rings (SSSR count). The predicted octanol–water partition coefficient (Wildman–Crippen LogP) is 0.228. The number of carbonyl (C=O) groups excluding carboxylic acids is 1. The van der Waals surface area contributed by atoms with E-state index in [0.717, 1.165) is 25.9 Å². The number of nitrogens with two attached hydrogens (primary N) is 1. The highest BCUT2D eigenvalue weighted by Crippen LogP contribution is 2.15. The summed E-state index contributed by atoms with van der Waals surface area (Å²) in [5, 5.41) is 6.27. The van der Waals surface area contributed by atoms with Crippen LogP contribution >= 0.6 is 0 Å². The molecule has 2 heterocycles. The Labute approximate surface area is 75.9 Å². The van der Waals surface area contributed by atoms with Gasteiger partial charge in [0.2, 0.25) is 0 Å². The normalized spacial score (nSPS) is 16.5. The summed E-state index contributed by atoms with van der Waals surface area (Å²) in [5.41, 5.74) is 6.03. The van der Waals surface area contributed by atoms with E-state index in [1.165, 1.54) is 6.20 Å². The van der Waals surface area contributed by atoms with Crippen LogP contribution < -0.4 is 5.73 Å². The van der Waals surface area contributed by atoms with Crippen molar-refractivity contribution in [2.24, 2.45) is 0 Å². The summed E-state index contributed by atoms with van der Waals surface area (Å²) in [6, 6.07) is 0. The maximum atomic E-state index is 11.7. The summed E-state index contributed by atoms with van der Waals surface area (Å²) < 4.78 is 0. The number of hydrogen-bond acceptors (Lipinski definition) is 3. The maximum Gasteiger partial charge on any atom is 0.259 e. The number of hydrogen-bond donors (Lipinski definition) is 2. The van der Waals surface area contributed by atoms with Crippen LogP contribution in [0.4, 0.5) is 5.82 Å². The quantitative estimate of drug-likeness (QED) is 0.649. The molecule has 1 aromatic heterocycles. The van der Waals surface area contributed by atoms with Crippen molar-refractivity contribution in [3.05, 3.63) is 11.8 Å². The van der Waals surface area contributed by atoms with Gasteiger partial charge in [-0.05, 0) is 12.8 Å². The SMILES string of the molecule is Nc1[nH]ncc1C(=O)N1CCCC1. The number of amides is 1. The zero-order chi connectivity index (χ0) is 9.26. The smallest absolute Gasteiger partial charge is 0.259 e. The van der Waals surface area contributed by atoms with Gasteiger partial charge in [0.05, 0.1) is 6.20 Å². The van der Waals surface area contributed by atoms with Crippen LogP contribution in [-0.4, -0.2) is 34.1 Å². The molecule has 0 aromatic carbocycles. The summed E-state index contributed by atoms with van der Waals surface area (Å²) in [6.45, 7) is 1.67. The number of nitrogen functional groups attached to an aromatic ring is 1. The molecule has 0 radical (unpaired) electrons. The first-order chi connectivity index (χ1) is 6.29. The fraction of sp³-hybridized carbons (Fsp3) is 0.500. The summed E-state index contributed by atoms with van der Waals surface area (Å²) >= 11 is 0. The average molecular weight is 180 g/mol. The molecule has 0 bridgehead atoms. The zero-order valence-corrected chi connectivity index (χ0v) is 7.29. The first-order valence-electron chi connectivity index (χ1n) is 4.37. The van der Waals surface area contributed by atoms with Gasteiger partial charge >= 0.3 is 0 Å². The van der Waals surface area contributed by atoms with Gasteiger partial charge in [0.15, 0.2) is 0 Å². The monoisotopic (exact) mass is 180 g/mol. The Bertz CT molecular complexity index is 314. The number of carbonyl (C=O) groups is 1.